The Bertz CT molecular complexity index is 387. The minimum atomic E-state index is 0.117. The summed E-state index contributed by atoms with van der Waals surface area (Å²) in [6, 6.07) is 5.78. The normalized spacial score (nSPS) is 21.7. The van der Waals surface area contributed by atoms with Gasteiger partial charge >= 0.3 is 0 Å². The number of likely N-dealkylation sites (N-methyl/N-ethyl adjacent to an activating group) is 1. The molecule has 1 heterocycles. The van der Waals surface area contributed by atoms with Gasteiger partial charge in [-0.15, -0.1) is 0 Å². The van der Waals surface area contributed by atoms with Crippen LogP contribution in [0.5, 0.6) is 0 Å². The Morgan fingerprint density at radius 2 is 2.24 bits per heavy atom. The smallest absolute Gasteiger partial charge is 0.120 e. The summed E-state index contributed by atoms with van der Waals surface area (Å²) in [6.07, 6.45) is 0.117. The Morgan fingerprint density at radius 3 is 2.94 bits per heavy atom. The lowest BCUT2D eigenvalue weighted by Gasteiger charge is -2.32. The van der Waals surface area contributed by atoms with E-state index in [0.717, 1.165) is 26.2 Å². The standard InChI is InChI=1S/C12H16Cl2N2O/c1-15-12-8-16(4-5-17-12)7-9-2-3-10(13)11(14)6-9/h2-3,6,12,15H,4-5,7-8H2,1H3. The lowest BCUT2D eigenvalue weighted by atomic mass is 10.2. The van der Waals surface area contributed by atoms with Crippen LogP contribution in [0.3, 0.4) is 0 Å². The molecule has 1 aliphatic rings. The van der Waals surface area contributed by atoms with Crippen LogP contribution >= 0.6 is 23.2 Å². The number of halogens is 2. The van der Waals surface area contributed by atoms with E-state index in [0.29, 0.717) is 10.0 Å². The molecule has 2 rings (SSSR count). The molecule has 17 heavy (non-hydrogen) atoms. The summed E-state index contributed by atoms with van der Waals surface area (Å²) in [5, 5.41) is 4.34. The van der Waals surface area contributed by atoms with Crippen molar-refractivity contribution in [3.63, 3.8) is 0 Å². The maximum absolute atomic E-state index is 6.00. The number of nitrogens with one attached hydrogen (secondary N) is 1. The van der Waals surface area contributed by atoms with E-state index in [-0.39, 0.29) is 6.23 Å². The predicted molar refractivity (Wildman–Crippen MR) is 70.5 cm³/mol. The number of nitrogens with zero attached hydrogens (tertiary/aromatic N) is 1. The fourth-order valence-corrected chi connectivity index (χ4v) is 2.24. The number of morpholine rings is 1. The first-order valence-electron chi connectivity index (χ1n) is 5.64. The molecule has 0 radical (unpaired) electrons. The molecule has 1 aliphatic heterocycles. The zero-order valence-electron chi connectivity index (χ0n) is 9.75. The third-order valence-electron chi connectivity index (χ3n) is 2.86. The van der Waals surface area contributed by atoms with Crippen molar-refractivity contribution in [1.29, 1.82) is 0 Å². The third-order valence-corrected chi connectivity index (χ3v) is 3.60. The largest absolute Gasteiger partial charge is 0.361 e. The van der Waals surface area contributed by atoms with E-state index < -0.39 is 0 Å². The fourth-order valence-electron chi connectivity index (χ4n) is 1.92. The Labute approximate surface area is 112 Å². The van der Waals surface area contributed by atoms with Crippen molar-refractivity contribution < 1.29 is 4.74 Å². The summed E-state index contributed by atoms with van der Waals surface area (Å²) in [4.78, 5) is 2.34. The summed E-state index contributed by atoms with van der Waals surface area (Å²) in [7, 11) is 1.91. The first kappa shape index (κ1) is 13.1. The van der Waals surface area contributed by atoms with Gasteiger partial charge in [0.1, 0.15) is 6.23 Å². The van der Waals surface area contributed by atoms with Crippen LogP contribution in [0.15, 0.2) is 18.2 Å². The van der Waals surface area contributed by atoms with Gasteiger partial charge in [0.05, 0.1) is 16.7 Å². The van der Waals surface area contributed by atoms with E-state index in [2.05, 4.69) is 10.2 Å². The fraction of sp³-hybridized carbons (Fsp3) is 0.500. The highest BCUT2D eigenvalue weighted by atomic mass is 35.5. The summed E-state index contributed by atoms with van der Waals surface area (Å²) in [5.41, 5.74) is 1.18. The van der Waals surface area contributed by atoms with Crippen molar-refractivity contribution in [2.75, 3.05) is 26.7 Å². The van der Waals surface area contributed by atoms with Gasteiger partial charge in [0.15, 0.2) is 0 Å². The average molecular weight is 275 g/mol. The molecule has 5 heteroatoms. The van der Waals surface area contributed by atoms with Crippen LogP contribution in [-0.2, 0) is 11.3 Å². The molecule has 3 nitrogen and oxygen atoms in total. The van der Waals surface area contributed by atoms with E-state index >= 15 is 0 Å². The van der Waals surface area contributed by atoms with Crippen LogP contribution in [0.4, 0.5) is 0 Å². The second kappa shape index (κ2) is 6.03. The molecule has 94 valence electrons. The Morgan fingerprint density at radius 1 is 1.41 bits per heavy atom. The monoisotopic (exact) mass is 274 g/mol. The molecule has 0 saturated carbocycles. The predicted octanol–water partition coefficient (Wildman–Crippen LogP) is 2.37. The second-order valence-corrected chi connectivity index (χ2v) is 4.95. The van der Waals surface area contributed by atoms with Gasteiger partial charge in [0.2, 0.25) is 0 Å². The molecule has 1 aromatic rings. The van der Waals surface area contributed by atoms with Gasteiger partial charge in [-0.25, -0.2) is 0 Å². The van der Waals surface area contributed by atoms with Crippen molar-refractivity contribution in [3.05, 3.63) is 33.8 Å². The summed E-state index contributed by atoms with van der Waals surface area (Å²) in [6.45, 7) is 3.46. The number of rotatable bonds is 3. The molecular formula is C12H16Cl2N2O. The van der Waals surface area contributed by atoms with E-state index in [4.69, 9.17) is 27.9 Å². The van der Waals surface area contributed by atoms with Gasteiger partial charge in [-0.05, 0) is 24.7 Å². The quantitative estimate of drug-likeness (QED) is 0.916. The van der Waals surface area contributed by atoms with Crippen molar-refractivity contribution in [2.24, 2.45) is 0 Å². The average Bonchev–Trinajstić information content (AvgIpc) is 2.34. The zero-order chi connectivity index (χ0) is 12.3. The van der Waals surface area contributed by atoms with Crippen LogP contribution in [0, 0.1) is 0 Å². The highest BCUT2D eigenvalue weighted by Gasteiger charge is 2.18. The topological polar surface area (TPSA) is 24.5 Å². The summed E-state index contributed by atoms with van der Waals surface area (Å²) in [5.74, 6) is 0. The molecule has 0 amide bonds. The van der Waals surface area contributed by atoms with Crippen molar-refractivity contribution in [1.82, 2.24) is 10.2 Å². The number of hydrogen-bond acceptors (Lipinski definition) is 3. The van der Waals surface area contributed by atoms with E-state index in [1.54, 1.807) is 0 Å². The highest BCUT2D eigenvalue weighted by Crippen LogP contribution is 2.23. The van der Waals surface area contributed by atoms with Crippen LogP contribution < -0.4 is 5.32 Å². The summed E-state index contributed by atoms with van der Waals surface area (Å²) >= 11 is 11.9. The van der Waals surface area contributed by atoms with Gasteiger partial charge in [-0.3, -0.25) is 10.2 Å². The molecule has 0 aliphatic carbocycles. The van der Waals surface area contributed by atoms with E-state index in [1.807, 2.05) is 25.2 Å². The lowest BCUT2D eigenvalue weighted by Crippen LogP contribution is -2.47. The molecular weight excluding hydrogens is 259 g/mol. The minimum Gasteiger partial charge on any atom is -0.361 e. The molecule has 0 bridgehead atoms. The Hall–Kier alpha value is -0.320. The van der Waals surface area contributed by atoms with E-state index in [9.17, 15) is 0 Å². The lowest BCUT2D eigenvalue weighted by molar-refractivity contribution is -0.0442. The zero-order valence-corrected chi connectivity index (χ0v) is 11.3. The van der Waals surface area contributed by atoms with Crippen LogP contribution in [-0.4, -0.2) is 37.9 Å². The first-order valence-corrected chi connectivity index (χ1v) is 6.40. The molecule has 1 fully saturated rings. The van der Waals surface area contributed by atoms with Crippen molar-refractivity contribution >= 4 is 23.2 Å². The second-order valence-electron chi connectivity index (χ2n) is 4.13. The molecule has 1 N–H and O–H groups in total. The molecule has 0 spiro atoms. The number of ether oxygens (including phenoxy) is 1. The van der Waals surface area contributed by atoms with Crippen molar-refractivity contribution in [3.8, 4) is 0 Å². The maximum Gasteiger partial charge on any atom is 0.120 e. The molecule has 1 aromatic carbocycles. The van der Waals surface area contributed by atoms with Crippen LogP contribution in [0.2, 0.25) is 10.0 Å². The van der Waals surface area contributed by atoms with Gasteiger partial charge in [-0.1, -0.05) is 29.3 Å². The maximum atomic E-state index is 6.00. The van der Waals surface area contributed by atoms with Gasteiger partial charge < -0.3 is 4.74 Å². The summed E-state index contributed by atoms with van der Waals surface area (Å²) < 4.78 is 5.54. The minimum absolute atomic E-state index is 0.117. The molecule has 1 atom stereocenters. The van der Waals surface area contributed by atoms with Gasteiger partial charge in [0, 0.05) is 19.6 Å². The highest BCUT2D eigenvalue weighted by molar-refractivity contribution is 6.42. The SMILES string of the molecule is CNC1CN(Cc2ccc(Cl)c(Cl)c2)CCO1. The molecule has 1 saturated heterocycles. The van der Waals surface area contributed by atoms with Gasteiger partial charge in [-0.2, -0.15) is 0 Å². The van der Waals surface area contributed by atoms with Gasteiger partial charge in [0.25, 0.3) is 0 Å². The third kappa shape index (κ3) is 3.57. The Balaban J connectivity index is 1.97. The Kier molecular flexibility index (Phi) is 4.65. The number of benzene rings is 1. The van der Waals surface area contributed by atoms with Crippen LogP contribution in [0.25, 0.3) is 0 Å². The first-order chi connectivity index (χ1) is 8.19. The van der Waals surface area contributed by atoms with Crippen LogP contribution in [0.1, 0.15) is 5.56 Å². The van der Waals surface area contributed by atoms with Crippen molar-refractivity contribution in [2.45, 2.75) is 12.8 Å². The molecule has 0 aromatic heterocycles. The molecule has 1 unspecified atom stereocenters. The number of hydrogen-bond donors (Lipinski definition) is 1. The van der Waals surface area contributed by atoms with E-state index in [1.165, 1.54) is 5.56 Å².